The summed E-state index contributed by atoms with van der Waals surface area (Å²) in [5, 5.41) is 9.33. The van der Waals surface area contributed by atoms with Crippen molar-refractivity contribution in [2.75, 3.05) is 0 Å². The van der Waals surface area contributed by atoms with Crippen LogP contribution in [0.3, 0.4) is 0 Å². The summed E-state index contributed by atoms with van der Waals surface area (Å²) >= 11 is 0. The van der Waals surface area contributed by atoms with Gasteiger partial charge in [-0.05, 0) is 87.6 Å². The first kappa shape index (κ1) is 37.2. The Morgan fingerprint density at radius 2 is 0.547 bits per heavy atom. The van der Waals surface area contributed by atoms with Crippen molar-refractivity contribution >= 4 is 43.1 Å². The van der Waals surface area contributed by atoms with Gasteiger partial charge < -0.3 is 0 Å². The number of hydrogen-bond donors (Lipinski definition) is 0. The van der Waals surface area contributed by atoms with Crippen LogP contribution >= 0.6 is 0 Å². The van der Waals surface area contributed by atoms with Gasteiger partial charge in [-0.3, -0.25) is 0 Å². The Bertz CT molecular complexity index is 3540. The molecule has 0 saturated carbocycles. The zero-order valence-electron chi connectivity index (χ0n) is 34.9. The minimum absolute atomic E-state index is 0.630. The van der Waals surface area contributed by atoms with Gasteiger partial charge in [-0.25, -0.2) is 15.0 Å². The SMILES string of the molecule is c1ccc(-c2ccc(-c3ccccc3-c3c4ccccc4c(-c4ccc(-c5nc(-c6cccc7ccccc67)nc(-c6cccc7ccccc67)n5)cc4)c4ccccc34)cc2)cc1. The van der Waals surface area contributed by atoms with Gasteiger partial charge in [0.1, 0.15) is 0 Å². The van der Waals surface area contributed by atoms with Crippen molar-refractivity contribution < 1.29 is 0 Å². The van der Waals surface area contributed by atoms with Gasteiger partial charge in [0.05, 0.1) is 0 Å². The summed E-state index contributed by atoms with van der Waals surface area (Å²) in [4.78, 5) is 15.6. The number of hydrogen-bond acceptors (Lipinski definition) is 3. The molecule has 12 aromatic rings. The summed E-state index contributed by atoms with van der Waals surface area (Å²) in [5.74, 6) is 1.92. The van der Waals surface area contributed by atoms with Crippen LogP contribution < -0.4 is 0 Å². The van der Waals surface area contributed by atoms with E-state index < -0.39 is 0 Å². The van der Waals surface area contributed by atoms with E-state index in [0.29, 0.717) is 17.5 Å². The third-order valence-electron chi connectivity index (χ3n) is 12.6. The standard InChI is InChI=1S/C61H39N3/c1-2-16-40(17-3-1)41-32-34-44(35-33-41)47-22-8-9-25-50(47)58-53-28-12-10-26-51(53)57(52-27-11-13-29-54(52)58)45-36-38-46(39-37-45)59-62-60(55-30-14-20-42-18-4-6-23-48(42)55)64-61(63-59)56-31-15-21-43-19-5-7-24-49(43)56/h1-39H. The maximum atomic E-state index is 5.21. The molecule has 0 saturated heterocycles. The monoisotopic (exact) mass is 813 g/mol. The first-order valence-corrected chi connectivity index (χ1v) is 21.8. The second-order valence-electron chi connectivity index (χ2n) is 16.3. The van der Waals surface area contributed by atoms with E-state index in [2.05, 4.69) is 237 Å². The normalized spacial score (nSPS) is 11.4. The van der Waals surface area contributed by atoms with Crippen molar-refractivity contribution in [1.29, 1.82) is 0 Å². The molecule has 0 amide bonds. The van der Waals surface area contributed by atoms with E-state index in [1.807, 2.05) is 0 Å². The zero-order valence-corrected chi connectivity index (χ0v) is 34.9. The maximum Gasteiger partial charge on any atom is 0.164 e. The zero-order chi connectivity index (χ0) is 42.4. The summed E-state index contributed by atoms with van der Waals surface area (Å²) in [5.41, 5.74) is 12.5. The smallest absolute Gasteiger partial charge is 0.164 e. The number of fused-ring (bicyclic) bond motifs is 4. The highest BCUT2D eigenvalue weighted by atomic mass is 15.0. The molecule has 0 atom stereocenters. The predicted molar refractivity (Wildman–Crippen MR) is 268 cm³/mol. The van der Waals surface area contributed by atoms with Crippen LogP contribution in [0.1, 0.15) is 0 Å². The Kier molecular flexibility index (Phi) is 9.16. The van der Waals surface area contributed by atoms with Crippen LogP contribution in [-0.4, -0.2) is 15.0 Å². The fourth-order valence-corrected chi connectivity index (χ4v) is 9.53. The van der Waals surface area contributed by atoms with E-state index in [9.17, 15) is 0 Å². The highest BCUT2D eigenvalue weighted by molar-refractivity contribution is 6.22. The molecule has 0 N–H and O–H groups in total. The van der Waals surface area contributed by atoms with Gasteiger partial charge in [-0.1, -0.05) is 237 Å². The van der Waals surface area contributed by atoms with Gasteiger partial charge in [0.2, 0.25) is 0 Å². The maximum absolute atomic E-state index is 5.21. The van der Waals surface area contributed by atoms with E-state index in [0.717, 1.165) is 43.8 Å². The molecular formula is C61H39N3. The molecule has 0 aliphatic rings. The van der Waals surface area contributed by atoms with E-state index >= 15 is 0 Å². The minimum atomic E-state index is 0.630. The van der Waals surface area contributed by atoms with E-state index in [1.54, 1.807) is 0 Å². The second-order valence-corrected chi connectivity index (χ2v) is 16.3. The lowest BCUT2D eigenvalue weighted by molar-refractivity contribution is 1.08. The molecule has 1 heterocycles. The van der Waals surface area contributed by atoms with Gasteiger partial charge in [0, 0.05) is 16.7 Å². The highest BCUT2D eigenvalue weighted by Crippen LogP contribution is 2.46. The van der Waals surface area contributed by atoms with Gasteiger partial charge >= 0.3 is 0 Å². The lowest BCUT2D eigenvalue weighted by Crippen LogP contribution is -2.01. The molecule has 11 aromatic carbocycles. The van der Waals surface area contributed by atoms with Crippen molar-refractivity contribution in [3.63, 3.8) is 0 Å². The van der Waals surface area contributed by atoms with Crippen molar-refractivity contribution in [2.45, 2.75) is 0 Å². The van der Waals surface area contributed by atoms with Gasteiger partial charge in [0.15, 0.2) is 17.5 Å². The Hall–Kier alpha value is -8.53. The van der Waals surface area contributed by atoms with Crippen molar-refractivity contribution in [3.8, 4) is 78.7 Å². The van der Waals surface area contributed by atoms with Crippen LogP contribution in [-0.2, 0) is 0 Å². The summed E-state index contributed by atoms with van der Waals surface area (Å²) < 4.78 is 0. The van der Waals surface area contributed by atoms with Crippen molar-refractivity contribution in [3.05, 3.63) is 237 Å². The molecule has 298 valence electrons. The molecule has 3 heteroatoms. The van der Waals surface area contributed by atoms with Crippen LogP contribution in [0.5, 0.6) is 0 Å². The Morgan fingerprint density at radius 3 is 1.11 bits per heavy atom. The summed E-state index contributed by atoms with van der Waals surface area (Å²) in [6.07, 6.45) is 0. The molecule has 0 unspecified atom stereocenters. The number of nitrogens with zero attached hydrogens (tertiary/aromatic N) is 3. The third-order valence-corrected chi connectivity index (χ3v) is 12.6. The fraction of sp³-hybridized carbons (Fsp3) is 0. The summed E-state index contributed by atoms with van der Waals surface area (Å²) in [6, 6.07) is 84.3. The highest BCUT2D eigenvalue weighted by Gasteiger charge is 2.20. The first-order chi connectivity index (χ1) is 31.7. The molecule has 0 spiro atoms. The van der Waals surface area contributed by atoms with Gasteiger partial charge in [-0.2, -0.15) is 0 Å². The van der Waals surface area contributed by atoms with Crippen LogP contribution in [0, 0.1) is 0 Å². The lowest BCUT2D eigenvalue weighted by atomic mass is 9.83. The summed E-state index contributed by atoms with van der Waals surface area (Å²) in [7, 11) is 0. The topological polar surface area (TPSA) is 38.7 Å². The van der Waals surface area contributed by atoms with Gasteiger partial charge in [-0.15, -0.1) is 0 Å². The summed E-state index contributed by atoms with van der Waals surface area (Å²) in [6.45, 7) is 0. The molecule has 3 nitrogen and oxygen atoms in total. The molecule has 0 aliphatic carbocycles. The largest absolute Gasteiger partial charge is 0.208 e. The van der Waals surface area contributed by atoms with Crippen molar-refractivity contribution in [2.24, 2.45) is 0 Å². The van der Waals surface area contributed by atoms with E-state index in [4.69, 9.17) is 15.0 Å². The third kappa shape index (κ3) is 6.50. The average molecular weight is 814 g/mol. The van der Waals surface area contributed by atoms with Crippen molar-refractivity contribution in [1.82, 2.24) is 15.0 Å². The predicted octanol–water partition coefficient (Wildman–Crippen LogP) is 16.2. The average Bonchev–Trinajstić information content (AvgIpc) is 3.38. The van der Waals surface area contributed by atoms with Crippen LogP contribution in [0.15, 0.2) is 237 Å². The number of rotatable bonds is 7. The molecule has 0 aliphatic heterocycles. The second kappa shape index (κ2) is 15.7. The number of aromatic nitrogens is 3. The molecule has 64 heavy (non-hydrogen) atoms. The Balaban J connectivity index is 1.00. The lowest BCUT2D eigenvalue weighted by Gasteiger charge is -2.20. The van der Waals surface area contributed by atoms with Crippen LogP contribution in [0.4, 0.5) is 0 Å². The quantitative estimate of drug-likeness (QED) is 0.150. The molecule has 12 rings (SSSR count). The number of benzene rings is 11. The van der Waals surface area contributed by atoms with Crippen LogP contribution in [0.25, 0.3) is 122 Å². The fourth-order valence-electron chi connectivity index (χ4n) is 9.53. The Labute approximate surface area is 371 Å². The first-order valence-electron chi connectivity index (χ1n) is 21.8. The van der Waals surface area contributed by atoms with E-state index in [1.165, 1.54) is 60.5 Å². The minimum Gasteiger partial charge on any atom is -0.208 e. The van der Waals surface area contributed by atoms with E-state index in [-0.39, 0.29) is 0 Å². The molecular weight excluding hydrogens is 775 g/mol. The molecule has 1 aromatic heterocycles. The van der Waals surface area contributed by atoms with Crippen LogP contribution in [0.2, 0.25) is 0 Å². The molecule has 0 fully saturated rings. The molecule has 0 bridgehead atoms. The van der Waals surface area contributed by atoms with Gasteiger partial charge in [0.25, 0.3) is 0 Å². The Morgan fingerprint density at radius 1 is 0.188 bits per heavy atom. The molecule has 0 radical (unpaired) electrons.